The van der Waals surface area contributed by atoms with Crippen LogP contribution in [0.2, 0.25) is 0 Å². The molecule has 2 aliphatic heterocycles. The third-order valence-corrected chi connectivity index (χ3v) is 11.5. The summed E-state index contributed by atoms with van der Waals surface area (Å²) < 4.78 is 0. The third kappa shape index (κ3) is 5.67. The highest BCUT2D eigenvalue weighted by molar-refractivity contribution is 6.55. The molecule has 0 saturated carbocycles. The molecule has 6 nitrogen and oxygen atoms in total. The van der Waals surface area contributed by atoms with Gasteiger partial charge in [-0.15, -0.1) is 0 Å². The molecule has 0 atom stereocenters. The molecule has 0 unspecified atom stereocenters. The molecule has 6 heterocycles. The predicted molar refractivity (Wildman–Crippen MR) is 214 cm³/mol. The second-order valence-corrected chi connectivity index (χ2v) is 14.0. The largest absolute Gasteiger partial charge is 0.359 e. The van der Waals surface area contributed by atoms with Crippen LogP contribution in [0.15, 0.2) is 56.1 Å². The van der Waals surface area contributed by atoms with Crippen molar-refractivity contribution in [2.24, 2.45) is 9.98 Å². The van der Waals surface area contributed by atoms with Gasteiger partial charge in [0.1, 0.15) is 0 Å². The third-order valence-electron chi connectivity index (χ3n) is 11.5. The molecule has 0 radical (unpaired) electrons. The number of H-pyrrole nitrogens is 4. The Bertz CT molecular complexity index is 2010. The van der Waals surface area contributed by atoms with Gasteiger partial charge in [-0.1, -0.05) is 41.5 Å². The summed E-state index contributed by atoms with van der Waals surface area (Å²) in [7, 11) is 0. The maximum Gasteiger partial charge on any atom is 0.0929 e. The van der Waals surface area contributed by atoms with Gasteiger partial charge < -0.3 is 19.9 Å². The topological polar surface area (TPSA) is 87.9 Å². The lowest BCUT2D eigenvalue weighted by Gasteiger charge is -2.05. The Morgan fingerprint density at radius 3 is 1.16 bits per heavy atom. The van der Waals surface area contributed by atoms with Gasteiger partial charge in [0.25, 0.3) is 0 Å². The van der Waals surface area contributed by atoms with Crippen LogP contribution < -0.4 is 0 Å². The lowest BCUT2D eigenvalue weighted by Crippen LogP contribution is -2.13. The summed E-state index contributed by atoms with van der Waals surface area (Å²) in [6, 6.07) is 0. The van der Waals surface area contributed by atoms with Gasteiger partial charge in [-0.3, -0.25) is 0 Å². The fourth-order valence-electron chi connectivity index (χ4n) is 8.38. The van der Waals surface area contributed by atoms with Crippen molar-refractivity contribution in [3.05, 3.63) is 102 Å². The Morgan fingerprint density at radius 2 is 0.860 bits per heavy atom. The monoisotopic (exact) mass is 668 g/mol. The second-order valence-electron chi connectivity index (χ2n) is 14.0. The Hall–Kier alpha value is -4.58. The molecule has 262 valence electrons. The van der Waals surface area contributed by atoms with Crippen LogP contribution in [0.4, 0.5) is 0 Å². The molecule has 6 rings (SSSR count). The van der Waals surface area contributed by atoms with Crippen molar-refractivity contribution in [1.29, 1.82) is 0 Å². The van der Waals surface area contributed by atoms with Crippen LogP contribution >= 0.6 is 0 Å². The number of aryl methyl sites for hydroxylation is 2. The van der Waals surface area contributed by atoms with Crippen LogP contribution in [0.25, 0.3) is 34.9 Å². The molecule has 4 N–H and O–H groups in total. The van der Waals surface area contributed by atoms with Crippen molar-refractivity contribution < 1.29 is 0 Å². The summed E-state index contributed by atoms with van der Waals surface area (Å²) in [5.74, 6) is 0. The zero-order valence-corrected chi connectivity index (χ0v) is 32.4. The van der Waals surface area contributed by atoms with Gasteiger partial charge in [0.05, 0.1) is 45.6 Å². The van der Waals surface area contributed by atoms with Crippen LogP contribution in [0.1, 0.15) is 124 Å². The molecule has 6 heteroatoms. The zero-order valence-electron chi connectivity index (χ0n) is 32.4. The molecule has 0 aromatic carbocycles. The first kappa shape index (κ1) is 35.3. The lowest BCUT2D eigenvalue weighted by molar-refractivity contribution is 1.09. The van der Waals surface area contributed by atoms with E-state index >= 15 is 0 Å². The van der Waals surface area contributed by atoms with Gasteiger partial charge in [-0.2, -0.15) is 0 Å². The standard InChI is InChI=1S/C44H56N6/c1-13-29-21-45-39(23(29)7)41-25(9)31(15-3)35(47-41)19-37-33(17-5)27(11)43(49-37)44-28(12)34(18-6)38(50-44)20-36-32(16-4)26(10)42(48-36)40-24(8)30(14-2)22-46-40/h19-22,45-48H,13-18H2,1-12H3/b37-19-,38-20-. The summed E-state index contributed by atoms with van der Waals surface area (Å²) in [6.07, 6.45) is 14.6. The molecular weight excluding hydrogens is 613 g/mol. The number of aromatic nitrogens is 4. The minimum absolute atomic E-state index is 0.913. The van der Waals surface area contributed by atoms with E-state index in [1.807, 2.05) is 0 Å². The average Bonchev–Trinajstić information content (AvgIpc) is 3.93. The minimum Gasteiger partial charge on any atom is -0.359 e. The highest BCUT2D eigenvalue weighted by atomic mass is 14.9. The fourth-order valence-corrected chi connectivity index (χ4v) is 8.38. The van der Waals surface area contributed by atoms with Gasteiger partial charge in [0.15, 0.2) is 0 Å². The van der Waals surface area contributed by atoms with Crippen LogP contribution in [0.3, 0.4) is 0 Å². The molecule has 0 aliphatic carbocycles. The second kappa shape index (κ2) is 14.0. The maximum absolute atomic E-state index is 5.36. The number of rotatable bonds is 11. The van der Waals surface area contributed by atoms with E-state index in [0.29, 0.717) is 0 Å². The Morgan fingerprint density at radius 1 is 0.480 bits per heavy atom. The number of nitrogens with one attached hydrogen (secondary N) is 4. The van der Waals surface area contributed by atoms with Crippen molar-refractivity contribution >= 4 is 23.6 Å². The van der Waals surface area contributed by atoms with Crippen LogP contribution in [0.5, 0.6) is 0 Å². The summed E-state index contributed by atoms with van der Waals surface area (Å²) >= 11 is 0. The Balaban J connectivity index is 1.43. The highest BCUT2D eigenvalue weighted by Gasteiger charge is 2.30. The minimum atomic E-state index is 0.913. The molecule has 2 aliphatic rings. The smallest absolute Gasteiger partial charge is 0.0929 e. The van der Waals surface area contributed by atoms with Crippen LogP contribution in [-0.2, 0) is 25.7 Å². The fraction of sp³-hybridized carbons (Fsp3) is 0.409. The van der Waals surface area contributed by atoms with E-state index in [0.717, 1.165) is 72.7 Å². The summed E-state index contributed by atoms with van der Waals surface area (Å²) in [4.78, 5) is 25.5. The van der Waals surface area contributed by atoms with Crippen molar-refractivity contribution in [2.45, 2.75) is 122 Å². The van der Waals surface area contributed by atoms with E-state index < -0.39 is 0 Å². The van der Waals surface area contributed by atoms with Gasteiger partial charge in [0, 0.05) is 23.8 Å². The molecule has 0 bridgehead atoms. The molecular formula is C44H56N6. The molecule has 0 amide bonds. The SMILES string of the molecule is CCC1=C(C)C(C2=N/C(=C\c3[nH]c(-c4[nH]cc(CC)c4C)c(C)c3CC)C(CC)=C2C)=N/C1=C\c1[nH]c(-c2[nH]cc(CC)c2C)c(C)c1CC. The first-order valence-corrected chi connectivity index (χ1v) is 18.8. The predicted octanol–water partition coefficient (Wildman–Crippen LogP) is 11.6. The first-order chi connectivity index (χ1) is 24.0. The highest BCUT2D eigenvalue weighted by Crippen LogP contribution is 2.39. The summed E-state index contributed by atoms with van der Waals surface area (Å²) in [6.45, 7) is 26.8. The number of nitrogens with zero attached hydrogens (tertiary/aromatic N) is 2. The molecule has 50 heavy (non-hydrogen) atoms. The van der Waals surface area contributed by atoms with Crippen molar-refractivity contribution in [3.8, 4) is 22.8 Å². The molecule has 0 spiro atoms. The van der Waals surface area contributed by atoms with Gasteiger partial charge in [-0.05, 0) is 159 Å². The molecule has 4 aromatic heterocycles. The van der Waals surface area contributed by atoms with Gasteiger partial charge in [-0.25, -0.2) is 9.98 Å². The van der Waals surface area contributed by atoms with Crippen LogP contribution in [0, 0.1) is 27.7 Å². The molecule has 4 aromatic rings. The average molecular weight is 669 g/mol. The number of hydrogen-bond donors (Lipinski definition) is 4. The van der Waals surface area contributed by atoms with E-state index in [2.05, 4.69) is 128 Å². The number of allylic oxidation sites excluding steroid dienone is 4. The number of aromatic amines is 4. The van der Waals surface area contributed by atoms with E-state index in [-0.39, 0.29) is 0 Å². The zero-order chi connectivity index (χ0) is 36.0. The van der Waals surface area contributed by atoms with E-state index in [1.54, 1.807) is 0 Å². The quantitative estimate of drug-likeness (QED) is 0.123. The number of aliphatic imine (C=N–C) groups is 2. The van der Waals surface area contributed by atoms with Crippen molar-refractivity contribution in [2.75, 3.05) is 0 Å². The summed E-state index contributed by atoms with van der Waals surface area (Å²) in [5.41, 5.74) is 26.8. The van der Waals surface area contributed by atoms with Crippen LogP contribution in [-0.4, -0.2) is 31.4 Å². The number of hydrogen-bond acceptors (Lipinski definition) is 2. The molecule has 0 saturated heterocycles. The van der Waals surface area contributed by atoms with Crippen molar-refractivity contribution in [3.63, 3.8) is 0 Å². The first-order valence-electron chi connectivity index (χ1n) is 18.8. The summed E-state index contributed by atoms with van der Waals surface area (Å²) in [5, 5.41) is 0. The van der Waals surface area contributed by atoms with E-state index in [1.165, 1.54) is 89.6 Å². The van der Waals surface area contributed by atoms with E-state index in [9.17, 15) is 0 Å². The van der Waals surface area contributed by atoms with Crippen molar-refractivity contribution in [1.82, 2.24) is 19.9 Å². The Kier molecular flexibility index (Phi) is 9.85. The lowest BCUT2D eigenvalue weighted by atomic mass is 9.96. The maximum atomic E-state index is 5.36. The Labute approximate surface area is 299 Å². The van der Waals surface area contributed by atoms with Gasteiger partial charge >= 0.3 is 0 Å². The van der Waals surface area contributed by atoms with E-state index in [4.69, 9.17) is 9.98 Å². The normalized spacial score (nSPS) is 16.6. The van der Waals surface area contributed by atoms with Gasteiger partial charge in [0.2, 0.25) is 0 Å². The molecule has 0 fully saturated rings.